The summed E-state index contributed by atoms with van der Waals surface area (Å²) in [4.78, 5) is 23.8. The molecular formula is C18H22O4. The molecule has 4 nitrogen and oxygen atoms in total. The molecule has 4 heteroatoms. The summed E-state index contributed by atoms with van der Waals surface area (Å²) in [6, 6.07) is 8.88. The molecule has 3 saturated carbocycles. The molecule has 1 unspecified atom stereocenters. The molecule has 0 N–H and O–H groups in total. The zero-order valence-electron chi connectivity index (χ0n) is 12.9. The van der Waals surface area contributed by atoms with Crippen LogP contribution in [0.2, 0.25) is 0 Å². The van der Waals surface area contributed by atoms with E-state index in [-0.39, 0.29) is 23.7 Å². The smallest absolute Gasteiger partial charge is 0.433 e. The Morgan fingerprint density at radius 2 is 1.86 bits per heavy atom. The van der Waals surface area contributed by atoms with Crippen molar-refractivity contribution < 1.29 is 19.1 Å². The van der Waals surface area contributed by atoms with Gasteiger partial charge < -0.3 is 9.47 Å². The first-order valence-electron chi connectivity index (χ1n) is 7.99. The molecule has 22 heavy (non-hydrogen) atoms. The standard InChI is InChI=1S/C18H22O4/c1-13(19)16-11-14-7-9-18(16,10-8-14)12-21-17(20)22-15-5-3-2-4-6-15/h2-6,14,16H,7-12H2,1H3. The fourth-order valence-corrected chi connectivity index (χ4v) is 4.08. The van der Waals surface area contributed by atoms with Gasteiger partial charge in [0.2, 0.25) is 0 Å². The number of hydrogen-bond acceptors (Lipinski definition) is 4. The van der Waals surface area contributed by atoms with Gasteiger partial charge in [0.1, 0.15) is 18.1 Å². The predicted molar refractivity (Wildman–Crippen MR) is 81.6 cm³/mol. The van der Waals surface area contributed by atoms with E-state index < -0.39 is 6.16 Å². The molecule has 0 heterocycles. The lowest BCUT2D eigenvalue weighted by Crippen LogP contribution is -2.48. The van der Waals surface area contributed by atoms with E-state index >= 15 is 0 Å². The van der Waals surface area contributed by atoms with Crippen LogP contribution in [-0.2, 0) is 9.53 Å². The zero-order chi connectivity index (χ0) is 15.6. The fourth-order valence-electron chi connectivity index (χ4n) is 4.08. The minimum atomic E-state index is -0.685. The summed E-state index contributed by atoms with van der Waals surface area (Å²) >= 11 is 0. The van der Waals surface area contributed by atoms with Crippen molar-refractivity contribution in [2.45, 2.75) is 39.0 Å². The van der Waals surface area contributed by atoms with Gasteiger partial charge in [0.15, 0.2) is 0 Å². The monoisotopic (exact) mass is 302 g/mol. The molecule has 1 aromatic rings. The van der Waals surface area contributed by atoms with Crippen molar-refractivity contribution in [1.29, 1.82) is 0 Å². The number of fused-ring (bicyclic) bond motifs is 3. The van der Waals surface area contributed by atoms with Crippen LogP contribution >= 0.6 is 0 Å². The van der Waals surface area contributed by atoms with Crippen LogP contribution in [0.1, 0.15) is 39.0 Å². The summed E-state index contributed by atoms with van der Waals surface area (Å²) in [5, 5.41) is 0. The van der Waals surface area contributed by atoms with E-state index in [4.69, 9.17) is 9.47 Å². The minimum absolute atomic E-state index is 0.0320. The number of benzene rings is 1. The Morgan fingerprint density at radius 1 is 1.18 bits per heavy atom. The minimum Gasteiger partial charge on any atom is -0.433 e. The molecule has 0 aromatic heterocycles. The van der Waals surface area contributed by atoms with Crippen LogP contribution in [0.25, 0.3) is 0 Å². The van der Waals surface area contributed by atoms with Gasteiger partial charge >= 0.3 is 6.16 Å². The van der Waals surface area contributed by atoms with Crippen molar-refractivity contribution in [3.63, 3.8) is 0 Å². The lowest BCUT2D eigenvalue weighted by molar-refractivity contribution is -0.136. The SMILES string of the molecule is CC(=O)C1CC2CCC1(COC(=O)Oc1ccccc1)CC2. The Morgan fingerprint density at radius 3 is 2.50 bits per heavy atom. The number of hydrogen-bond donors (Lipinski definition) is 0. The van der Waals surface area contributed by atoms with Crippen LogP contribution in [0.3, 0.4) is 0 Å². The Bertz CT molecular complexity index is 543. The maximum atomic E-state index is 12.0. The largest absolute Gasteiger partial charge is 0.513 e. The van der Waals surface area contributed by atoms with E-state index in [1.54, 1.807) is 31.2 Å². The van der Waals surface area contributed by atoms with E-state index in [2.05, 4.69) is 0 Å². The second-order valence-electron chi connectivity index (χ2n) is 6.66. The highest BCUT2D eigenvalue weighted by Crippen LogP contribution is 2.54. The average molecular weight is 302 g/mol. The van der Waals surface area contributed by atoms with Gasteiger partial charge in [-0.05, 0) is 57.1 Å². The van der Waals surface area contributed by atoms with E-state index in [0.29, 0.717) is 11.7 Å². The third kappa shape index (κ3) is 3.01. The number of ketones is 1. The summed E-state index contributed by atoms with van der Waals surface area (Å²) < 4.78 is 10.5. The highest BCUT2D eigenvalue weighted by Gasteiger charge is 2.50. The fraction of sp³-hybridized carbons (Fsp3) is 0.556. The molecule has 0 saturated heterocycles. The van der Waals surface area contributed by atoms with Gasteiger partial charge in [0, 0.05) is 11.3 Å². The van der Waals surface area contributed by atoms with Gasteiger partial charge in [-0.3, -0.25) is 4.79 Å². The Hall–Kier alpha value is -1.84. The zero-order valence-corrected chi connectivity index (χ0v) is 12.9. The van der Waals surface area contributed by atoms with Crippen LogP contribution in [-0.4, -0.2) is 18.5 Å². The van der Waals surface area contributed by atoms with E-state index in [1.165, 1.54) is 0 Å². The number of ether oxygens (including phenoxy) is 2. The molecule has 0 radical (unpaired) electrons. The third-order valence-corrected chi connectivity index (χ3v) is 5.32. The van der Waals surface area contributed by atoms with Gasteiger partial charge in [-0.15, -0.1) is 0 Å². The van der Waals surface area contributed by atoms with Gasteiger partial charge in [-0.25, -0.2) is 4.79 Å². The van der Waals surface area contributed by atoms with E-state index in [0.717, 1.165) is 32.1 Å². The predicted octanol–water partition coefficient (Wildman–Crippen LogP) is 3.99. The molecule has 4 rings (SSSR count). The summed E-state index contributed by atoms with van der Waals surface area (Å²) in [6.07, 6.45) is 4.49. The van der Waals surface area contributed by atoms with Crippen molar-refractivity contribution in [2.24, 2.45) is 17.3 Å². The molecule has 1 aromatic carbocycles. The molecule has 2 bridgehead atoms. The first-order chi connectivity index (χ1) is 10.6. The van der Waals surface area contributed by atoms with Gasteiger partial charge in [-0.1, -0.05) is 18.2 Å². The Balaban J connectivity index is 1.61. The molecule has 3 aliphatic rings. The van der Waals surface area contributed by atoms with Crippen LogP contribution < -0.4 is 4.74 Å². The molecule has 118 valence electrons. The normalized spacial score (nSPS) is 29.9. The summed E-state index contributed by atoms with van der Waals surface area (Å²) in [7, 11) is 0. The molecule has 3 fully saturated rings. The second-order valence-corrected chi connectivity index (χ2v) is 6.66. The summed E-state index contributed by atoms with van der Waals surface area (Å²) in [6.45, 7) is 1.95. The number of carbonyl (C=O) groups excluding carboxylic acids is 2. The summed E-state index contributed by atoms with van der Waals surface area (Å²) in [5.41, 5.74) is -0.170. The van der Waals surface area contributed by atoms with E-state index in [1.807, 2.05) is 6.07 Å². The van der Waals surface area contributed by atoms with Gasteiger partial charge in [0.25, 0.3) is 0 Å². The quantitative estimate of drug-likeness (QED) is 0.623. The van der Waals surface area contributed by atoms with Crippen molar-refractivity contribution in [3.05, 3.63) is 30.3 Å². The summed E-state index contributed by atoms with van der Waals surface area (Å²) in [5.74, 6) is 1.40. The first kappa shape index (κ1) is 15.1. The highest BCUT2D eigenvalue weighted by atomic mass is 16.7. The van der Waals surface area contributed by atoms with Crippen LogP contribution in [0.15, 0.2) is 30.3 Å². The van der Waals surface area contributed by atoms with Crippen LogP contribution in [0, 0.1) is 17.3 Å². The Labute approximate surface area is 130 Å². The second kappa shape index (κ2) is 6.11. The lowest BCUT2D eigenvalue weighted by atomic mass is 9.54. The molecule has 1 atom stereocenters. The molecule has 3 aliphatic carbocycles. The van der Waals surface area contributed by atoms with Crippen molar-refractivity contribution >= 4 is 11.9 Å². The molecular weight excluding hydrogens is 280 g/mol. The molecule has 0 aliphatic heterocycles. The lowest BCUT2D eigenvalue weighted by Gasteiger charge is -2.50. The third-order valence-electron chi connectivity index (χ3n) is 5.32. The molecule has 0 amide bonds. The maximum Gasteiger partial charge on any atom is 0.513 e. The maximum absolute atomic E-state index is 12.0. The van der Waals surface area contributed by atoms with Gasteiger partial charge in [-0.2, -0.15) is 0 Å². The average Bonchev–Trinajstić information content (AvgIpc) is 2.55. The number of rotatable bonds is 4. The van der Waals surface area contributed by atoms with Crippen molar-refractivity contribution in [1.82, 2.24) is 0 Å². The molecule has 0 spiro atoms. The van der Waals surface area contributed by atoms with Gasteiger partial charge in [0.05, 0.1) is 0 Å². The van der Waals surface area contributed by atoms with Crippen molar-refractivity contribution in [2.75, 3.05) is 6.61 Å². The highest BCUT2D eigenvalue weighted by molar-refractivity contribution is 5.79. The van der Waals surface area contributed by atoms with Crippen LogP contribution in [0.5, 0.6) is 5.75 Å². The first-order valence-corrected chi connectivity index (χ1v) is 7.99. The number of Topliss-reactive ketones (excluding diaryl/α,β-unsaturated/α-hetero) is 1. The van der Waals surface area contributed by atoms with Crippen molar-refractivity contribution in [3.8, 4) is 5.75 Å². The van der Waals surface area contributed by atoms with Crippen LogP contribution in [0.4, 0.5) is 4.79 Å². The topological polar surface area (TPSA) is 52.6 Å². The number of para-hydroxylation sites is 1. The Kier molecular flexibility index (Phi) is 4.19. The van der Waals surface area contributed by atoms with E-state index in [9.17, 15) is 9.59 Å². The number of carbonyl (C=O) groups is 2.